The highest BCUT2D eigenvalue weighted by molar-refractivity contribution is 5.94. The van der Waals surface area contributed by atoms with Gasteiger partial charge in [-0.05, 0) is 120 Å². The molecule has 0 aromatic heterocycles. The third-order valence-corrected chi connectivity index (χ3v) is 11.0. The summed E-state index contributed by atoms with van der Waals surface area (Å²) in [6.07, 6.45) is 0. The van der Waals surface area contributed by atoms with Gasteiger partial charge in [-0.1, -0.05) is 188 Å². The summed E-state index contributed by atoms with van der Waals surface area (Å²) in [7, 11) is 0. The molecule has 57 heavy (non-hydrogen) atoms. The number of hydrogen-bond acceptors (Lipinski definition) is 1. The maximum Gasteiger partial charge on any atom is 0.0540 e. The lowest BCUT2D eigenvalue weighted by Gasteiger charge is -2.29. The summed E-state index contributed by atoms with van der Waals surface area (Å²) < 4.78 is 0. The second-order valence-electron chi connectivity index (χ2n) is 14.6. The van der Waals surface area contributed by atoms with Gasteiger partial charge in [-0.3, -0.25) is 0 Å². The van der Waals surface area contributed by atoms with E-state index in [1.54, 1.807) is 0 Å². The molecule has 10 aromatic rings. The molecule has 10 rings (SSSR count). The second kappa shape index (κ2) is 15.0. The van der Waals surface area contributed by atoms with Crippen molar-refractivity contribution in [3.05, 3.63) is 237 Å². The van der Waals surface area contributed by atoms with Crippen LogP contribution in [0.2, 0.25) is 0 Å². The molecule has 268 valence electrons. The Bertz CT molecular complexity index is 3000. The van der Waals surface area contributed by atoms with Crippen LogP contribution in [0.25, 0.3) is 77.2 Å². The lowest BCUT2D eigenvalue weighted by Crippen LogP contribution is -2.11. The van der Waals surface area contributed by atoms with Crippen molar-refractivity contribution in [3.8, 4) is 55.6 Å². The van der Waals surface area contributed by atoms with E-state index in [4.69, 9.17) is 0 Å². The first-order valence-electron chi connectivity index (χ1n) is 19.6. The molecule has 1 heteroatoms. The fourth-order valence-corrected chi connectivity index (χ4v) is 8.14. The number of benzene rings is 10. The molecule has 0 aliphatic rings. The molecule has 0 fully saturated rings. The zero-order valence-electron chi connectivity index (χ0n) is 31.5. The van der Waals surface area contributed by atoms with Gasteiger partial charge in [-0.2, -0.15) is 0 Å². The first kappa shape index (κ1) is 34.0. The molecule has 0 unspecified atom stereocenters. The van der Waals surface area contributed by atoms with Crippen LogP contribution in [0.4, 0.5) is 17.1 Å². The largest absolute Gasteiger partial charge is 0.310 e. The highest BCUT2D eigenvalue weighted by Gasteiger charge is 2.20. The zero-order valence-corrected chi connectivity index (χ0v) is 31.5. The van der Waals surface area contributed by atoms with Gasteiger partial charge in [-0.25, -0.2) is 0 Å². The van der Waals surface area contributed by atoms with Crippen LogP contribution >= 0.6 is 0 Å². The number of anilines is 3. The van der Waals surface area contributed by atoms with Crippen LogP contribution in [0.1, 0.15) is 0 Å². The maximum absolute atomic E-state index is 2.42. The first-order chi connectivity index (χ1) is 28.2. The molecule has 0 saturated heterocycles. The van der Waals surface area contributed by atoms with Gasteiger partial charge in [0.2, 0.25) is 0 Å². The summed E-state index contributed by atoms with van der Waals surface area (Å²) in [5, 5.41) is 4.97. The number of nitrogens with zero attached hydrogens (tertiary/aromatic N) is 1. The Kier molecular flexibility index (Phi) is 8.95. The molecule has 0 N–H and O–H groups in total. The minimum absolute atomic E-state index is 1.09. The molecule has 10 aromatic carbocycles. The van der Waals surface area contributed by atoms with Gasteiger partial charge in [0, 0.05) is 16.9 Å². The van der Waals surface area contributed by atoms with E-state index in [1.807, 2.05) is 0 Å². The molecule has 0 bridgehead atoms. The van der Waals surface area contributed by atoms with Gasteiger partial charge in [0.1, 0.15) is 0 Å². The van der Waals surface area contributed by atoms with Crippen LogP contribution in [0.5, 0.6) is 0 Å². The molecule has 0 aliphatic heterocycles. The minimum atomic E-state index is 1.09. The topological polar surface area (TPSA) is 3.24 Å². The second-order valence-corrected chi connectivity index (χ2v) is 14.6. The lowest BCUT2D eigenvalue weighted by atomic mass is 9.93. The molecular weight excluding hydrogens is 687 g/mol. The lowest BCUT2D eigenvalue weighted by molar-refractivity contribution is 1.28. The molecule has 0 atom stereocenters. The van der Waals surface area contributed by atoms with Crippen LogP contribution in [0.3, 0.4) is 0 Å². The first-order valence-corrected chi connectivity index (χ1v) is 19.6. The summed E-state index contributed by atoms with van der Waals surface area (Å²) >= 11 is 0. The number of fused-ring (bicyclic) bond motifs is 2. The van der Waals surface area contributed by atoms with Crippen LogP contribution < -0.4 is 4.90 Å². The highest BCUT2D eigenvalue weighted by atomic mass is 15.1. The normalized spacial score (nSPS) is 11.2. The molecule has 0 radical (unpaired) electrons. The van der Waals surface area contributed by atoms with Gasteiger partial charge in [0.15, 0.2) is 0 Å². The summed E-state index contributed by atoms with van der Waals surface area (Å²) in [4.78, 5) is 2.42. The third-order valence-electron chi connectivity index (χ3n) is 11.0. The van der Waals surface area contributed by atoms with Crippen molar-refractivity contribution < 1.29 is 0 Å². The summed E-state index contributed by atoms with van der Waals surface area (Å²) in [5.41, 5.74) is 15.2. The van der Waals surface area contributed by atoms with E-state index >= 15 is 0 Å². The van der Waals surface area contributed by atoms with Crippen molar-refractivity contribution in [3.63, 3.8) is 0 Å². The SMILES string of the molecule is c1ccc(-c2ccc(N(c3ccc(-c4ccccc4-c4ccc5ccccc5c4)cc3)c3cccc(-c4ccc5ccccc5c4)c3)c(-c3ccccc3)c2)cc1. The number of rotatable bonds is 8. The van der Waals surface area contributed by atoms with Crippen molar-refractivity contribution >= 4 is 38.6 Å². The minimum Gasteiger partial charge on any atom is -0.310 e. The van der Waals surface area contributed by atoms with Crippen LogP contribution in [0, 0.1) is 0 Å². The Morgan fingerprint density at radius 1 is 0.211 bits per heavy atom. The van der Waals surface area contributed by atoms with Crippen molar-refractivity contribution in [1.29, 1.82) is 0 Å². The predicted octanol–water partition coefficient (Wildman–Crippen LogP) is 15.8. The van der Waals surface area contributed by atoms with Crippen LogP contribution in [-0.4, -0.2) is 0 Å². The van der Waals surface area contributed by atoms with E-state index in [2.05, 4.69) is 241 Å². The van der Waals surface area contributed by atoms with Crippen LogP contribution in [0.15, 0.2) is 237 Å². The molecule has 0 heterocycles. The summed E-state index contributed by atoms with van der Waals surface area (Å²) in [5.74, 6) is 0. The number of hydrogen-bond donors (Lipinski definition) is 0. The van der Waals surface area contributed by atoms with Crippen molar-refractivity contribution in [2.75, 3.05) is 4.90 Å². The molecule has 0 spiro atoms. The van der Waals surface area contributed by atoms with E-state index in [0.717, 1.165) is 17.1 Å². The van der Waals surface area contributed by atoms with Gasteiger partial charge in [0.05, 0.1) is 5.69 Å². The van der Waals surface area contributed by atoms with Crippen LogP contribution in [-0.2, 0) is 0 Å². The van der Waals surface area contributed by atoms with Crippen molar-refractivity contribution in [2.24, 2.45) is 0 Å². The molecular formula is C56H39N. The van der Waals surface area contributed by atoms with E-state index < -0.39 is 0 Å². The van der Waals surface area contributed by atoms with E-state index in [9.17, 15) is 0 Å². The van der Waals surface area contributed by atoms with Crippen molar-refractivity contribution in [2.45, 2.75) is 0 Å². The Morgan fingerprint density at radius 3 is 1.35 bits per heavy atom. The fourth-order valence-electron chi connectivity index (χ4n) is 8.14. The Morgan fingerprint density at radius 2 is 0.667 bits per heavy atom. The highest BCUT2D eigenvalue weighted by Crippen LogP contribution is 2.44. The smallest absolute Gasteiger partial charge is 0.0540 e. The van der Waals surface area contributed by atoms with Gasteiger partial charge < -0.3 is 4.90 Å². The molecule has 0 amide bonds. The van der Waals surface area contributed by atoms with E-state index in [1.165, 1.54) is 77.2 Å². The van der Waals surface area contributed by atoms with Gasteiger partial charge in [-0.15, -0.1) is 0 Å². The third kappa shape index (κ3) is 6.77. The summed E-state index contributed by atoms with van der Waals surface area (Å²) in [6.45, 7) is 0. The Balaban J connectivity index is 1.12. The Labute approximate surface area is 334 Å². The quantitative estimate of drug-likeness (QED) is 0.151. The summed E-state index contributed by atoms with van der Waals surface area (Å²) in [6, 6.07) is 85.8. The van der Waals surface area contributed by atoms with Crippen molar-refractivity contribution in [1.82, 2.24) is 0 Å². The molecule has 0 saturated carbocycles. The van der Waals surface area contributed by atoms with E-state index in [-0.39, 0.29) is 0 Å². The molecule has 0 aliphatic carbocycles. The Hall–Kier alpha value is -7.48. The standard InChI is InChI=1S/C56H39N/c1-3-14-40(15-4-1)49-32-35-56(55(39-49)43-18-5-2-6-19-43)57(52-23-13-22-47(38-52)48-28-26-41-16-7-9-20-45(41)36-48)51-33-30-44(31-34-51)53-24-11-12-25-54(53)50-29-27-42-17-8-10-21-46(42)37-50/h1-39H. The fraction of sp³-hybridized carbons (Fsp3) is 0. The van der Waals surface area contributed by atoms with Gasteiger partial charge >= 0.3 is 0 Å². The van der Waals surface area contributed by atoms with Gasteiger partial charge in [0.25, 0.3) is 0 Å². The molecule has 1 nitrogen and oxygen atoms in total. The predicted molar refractivity (Wildman–Crippen MR) is 243 cm³/mol. The average Bonchev–Trinajstić information content (AvgIpc) is 3.30. The maximum atomic E-state index is 2.42. The van der Waals surface area contributed by atoms with E-state index in [0.29, 0.717) is 0 Å². The average molecular weight is 726 g/mol. The zero-order chi connectivity index (χ0) is 38.0. The monoisotopic (exact) mass is 725 g/mol.